The van der Waals surface area contributed by atoms with Crippen LogP contribution in [-0.4, -0.2) is 44.9 Å². The lowest BCUT2D eigenvalue weighted by atomic mass is 10.0. The second kappa shape index (κ2) is 18.5. The van der Waals surface area contributed by atoms with Crippen LogP contribution in [0.2, 0.25) is 0 Å². The summed E-state index contributed by atoms with van der Waals surface area (Å²) < 4.78 is 10.6. The topological polar surface area (TPSA) is 76.7 Å². The van der Waals surface area contributed by atoms with E-state index in [-0.39, 0.29) is 12.0 Å². The second-order valence-corrected chi connectivity index (χ2v) is 6.64. The van der Waals surface area contributed by atoms with Crippen molar-refractivity contribution in [3.05, 3.63) is 0 Å². The Morgan fingerprint density at radius 2 is 1.65 bits per heavy atom. The summed E-state index contributed by atoms with van der Waals surface area (Å²) in [6.07, 6.45) is 8.78. The highest BCUT2D eigenvalue weighted by molar-refractivity contribution is 5.73. The highest BCUT2D eigenvalue weighted by Gasteiger charge is 2.06. The fourth-order valence-corrected chi connectivity index (χ4v) is 2.59. The Kier molecular flexibility index (Phi) is 17.6. The molecule has 0 aliphatic heterocycles. The van der Waals surface area contributed by atoms with Gasteiger partial charge in [-0.3, -0.25) is 4.79 Å². The second-order valence-electron chi connectivity index (χ2n) is 6.64. The van der Waals surface area contributed by atoms with Crippen molar-refractivity contribution in [2.24, 2.45) is 5.92 Å². The zero-order chi connectivity index (χ0) is 19.5. The Hall–Kier alpha value is -1.30. The van der Waals surface area contributed by atoms with E-state index in [1.165, 1.54) is 25.7 Å². The Morgan fingerprint density at radius 3 is 2.31 bits per heavy atom. The molecule has 0 aromatic heterocycles. The molecule has 2 amide bonds. The van der Waals surface area contributed by atoms with Gasteiger partial charge >= 0.3 is 12.0 Å². The molecule has 0 fully saturated rings. The van der Waals surface area contributed by atoms with E-state index in [0.717, 1.165) is 32.3 Å². The van der Waals surface area contributed by atoms with Crippen molar-refractivity contribution in [3.63, 3.8) is 0 Å². The van der Waals surface area contributed by atoms with Gasteiger partial charge in [0.05, 0.1) is 6.61 Å². The molecule has 0 saturated carbocycles. The predicted octanol–water partition coefficient (Wildman–Crippen LogP) is 4.03. The molecule has 1 unspecified atom stereocenters. The summed E-state index contributed by atoms with van der Waals surface area (Å²) in [5.41, 5.74) is 0. The summed E-state index contributed by atoms with van der Waals surface area (Å²) in [7, 11) is 0. The van der Waals surface area contributed by atoms with E-state index in [9.17, 15) is 9.59 Å². The molecule has 154 valence electrons. The van der Waals surface area contributed by atoms with E-state index in [2.05, 4.69) is 24.5 Å². The summed E-state index contributed by atoms with van der Waals surface area (Å²) >= 11 is 0. The number of ether oxygens (including phenoxy) is 2. The monoisotopic (exact) mass is 372 g/mol. The third-order valence-corrected chi connectivity index (χ3v) is 4.30. The minimum atomic E-state index is -0.143. The summed E-state index contributed by atoms with van der Waals surface area (Å²) in [4.78, 5) is 22.8. The first kappa shape index (κ1) is 24.7. The average Bonchev–Trinajstić information content (AvgIpc) is 2.63. The van der Waals surface area contributed by atoms with Gasteiger partial charge in [0, 0.05) is 32.7 Å². The molecule has 26 heavy (non-hydrogen) atoms. The minimum absolute atomic E-state index is 0.134. The van der Waals surface area contributed by atoms with Crippen molar-refractivity contribution < 1.29 is 19.1 Å². The van der Waals surface area contributed by atoms with Crippen molar-refractivity contribution >= 4 is 12.0 Å². The first-order valence-electron chi connectivity index (χ1n) is 10.4. The number of unbranched alkanes of at least 4 members (excludes halogenated alkanes) is 3. The third kappa shape index (κ3) is 16.2. The number of hydrogen-bond donors (Lipinski definition) is 2. The number of urea groups is 1. The molecule has 0 rings (SSSR count). The SMILES string of the molecule is CCCCC(CC)COCCCNC(=O)NCCCCCC(=O)OCC. The van der Waals surface area contributed by atoms with Gasteiger partial charge < -0.3 is 20.1 Å². The average molecular weight is 373 g/mol. The van der Waals surface area contributed by atoms with Gasteiger partial charge in [-0.15, -0.1) is 0 Å². The molecule has 0 aromatic carbocycles. The normalized spacial score (nSPS) is 11.8. The molecule has 0 heterocycles. The van der Waals surface area contributed by atoms with Gasteiger partial charge in [0.1, 0.15) is 0 Å². The fourth-order valence-electron chi connectivity index (χ4n) is 2.59. The maximum absolute atomic E-state index is 11.6. The van der Waals surface area contributed by atoms with E-state index >= 15 is 0 Å². The van der Waals surface area contributed by atoms with Crippen LogP contribution in [0.4, 0.5) is 4.79 Å². The lowest BCUT2D eigenvalue weighted by molar-refractivity contribution is -0.143. The molecule has 0 aliphatic rings. The first-order valence-corrected chi connectivity index (χ1v) is 10.4. The van der Waals surface area contributed by atoms with Crippen molar-refractivity contribution in [2.45, 2.75) is 78.6 Å². The van der Waals surface area contributed by atoms with Gasteiger partial charge in [-0.2, -0.15) is 0 Å². The highest BCUT2D eigenvalue weighted by atomic mass is 16.5. The summed E-state index contributed by atoms with van der Waals surface area (Å²) in [6, 6.07) is -0.134. The van der Waals surface area contributed by atoms with Crippen LogP contribution in [0.25, 0.3) is 0 Å². The number of rotatable bonds is 17. The van der Waals surface area contributed by atoms with Crippen LogP contribution in [0.5, 0.6) is 0 Å². The molecule has 0 aliphatic carbocycles. The molecular weight excluding hydrogens is 332 g/mol. The molecule has 0 aromatic rings. The molecule has 2 N–H and O–H groups in total. The maximum atomic E-state index is 11.6. The number of carbonyl (C=O) groups is 2. The van der Waals surface area contributed by atoms with Crippen LogP contribution < -0.4 is 10.6 Å². The zero-order valence-electron chi connectivity index (χ0n) is 17.1. The number of hydrogen-bond acceptors (Lipinski definition) is 4. The third-order valence-electron chi connectivity index (χ3n) is 4.30. The number of carbonyl (C=O) groups excluding carboxylic acids is 2. The van der Waals surface area contributed by atoms with E-state index in [1.807, 2.05) is 6.92 Å². The van der Waals surface area contributed by atoms with Crippen LogP contribution in [-0.2, 0) is 14.3 Å². The summed E-state index contributed by atoms with van der Waals surface area (Å²) in [6.45, 7) is 9.44. The fraction of sp³-hybridized carbons (Fsp3) is 0.900. The Balaban J connectivity index is 3.40. The van der Waals surface area contributed by atoms with Gasteiger partial charge in [-0.25, -0.2) is 4.79 Å². The van der Waals surface area contributed by atoms with E-state index in [4.69, 9.17) is 9.47 Å². The lowest BCUT2D eigenvalue weighted by Crippen LogP contribution is -2.36. The Morgan fingerprint density at radius 1 is 0.923 bits per heavy atom. The van der Waals surface area contributed by atoms with Gasteiger partial charge in [0.25, 0.3) is 0 Å². The molecule has 6 heteroatoms. The number of amides is 2. The van der Waals surface area contributed by atoms with Crippen molar-refractivity contribution in [1.82, 2.24) is 10.6 Å². The zero-order valence-corrected chi connectivity index (χ0v) is 17.1. The van der Waals surface area contributed by atoms with Crippen LogP contribution in [0, 0.1) is 5.92 Å². The van der Waals surface area contributed by atoms with Gasteiger partial charge in [-0.05, 0) is 38.5 Å². The number of nitrogens with one attached hydrogen (secondary N) is 2. The van der Waals surface area contributed by atoms with Gasteiger partial charge in [-0.1, -0.05) is 39.5 Å². The molecular formula is C20H40N2O4. The largest absolute Gasteiger partial charge is 0.466 e. The summed E-state index contributed by atoms with van der Waals surface area (Å²) in [5.74, 6) is 0.520. The van der Waals surface area contributed by atoms with Crippen LogP contribution in [0.15, 0.2) is 0 Å². The van der Waals surface area contributed by atoms with Crippen molar-refractivity contribution in [3.8, 4) is 0 Å². The summed E-state index contributed by atoms with van der Waals surface area (Å²) in [5, 5.41) is 5.67. The first-order chi connectivity index (χ1) is 12.6. The van der Waals surface area contributed by atoms with Crippen LogP contribution >= 0.6 is 0 Å². The smallest absolute Gasteiger partial charge is 0.314 e. The molecule has 0 radical (unpaired) electrons. The molecule has 0 spiro atoms. The molecule has 0 bridgehead atoms. The van der Waals surface area contributed by atoms with Crippen molar-refractivity contribution in [1.29, 1.82) is 0 Å². The van der Waals surface area contributed by atoms with E-state index in [0.29, 0.717) is 38.6 Å². The quantitative estimate of drug-likeness (QED) is 0.298. The lowest BCUT2D eigenvalue weighted by Gasteiger charge is -2.14. The molecule has 6 nitrogen and oxygen atoms in total. The Bertz CT molecular complexity index is 351. The Labute approximate surface area is 159 Å². The highest BCUT2D eigenvalue weighted by Crippen LogP contribution is 2.12. The predicted molar refractivity (Wildman–Crippen MR) is 105 cm³/mol. The maximum Gasteiger partial charge on any atom is 0.314 e. The van der Waals surface area contributed by atoms with E-state index in [1.54, 1.807) is 0 Å². The number of esters is 1. The van der Waals surface area contributed by atoms with E-state index < -0.39 is 0 Å². The van der Waals surface area contributed by atoms with Crippen molar-refractivity contribution in [2.75, 3.05) is 32.9 Å². The van der Waals surface area contributed by atoms with Crippen LogP contribution in [0.1, 0.15) is 78.6 Å². The molecule has 1 atom stereocenters. The molecule has 0 saturated heterocycles. The van der Waals surface area contributed by atoms with Gasteiger partial charge in [0.2, 0.25) is 0 Å². The standard InChI is InChI=1S/C20H40N2O4/c1-4-7-12-18(5-2)17-25-16-11-15-22-20(24)21-14-10-8-9-13-19(23)26-6-3/h18H,4-17H2,1-3H3,(H2,21,22,24). The minimum Gasteiger partial charge on any atom is -0.466 e. The van der Waals surface area contributed by atoms with Gasteiger partial charge in [0.15, 0.2) is 0 Å². The van der Waals surface area contributed by atoms with Crippen LogP contribution in [0.3, 0.4) is 0 Å².